The third kappa shape index (κ3) is 6.43. The van der Waals surface area contributed by atoms with Gasteiger partial charge in [0.1, 0.15) is 5.84 Å². The molecule has 1 fully saturated rings. The molecule has 180 valence electrons. The van der Waals surface area contributed by atoms with E-state index in [1.807, 2.05) is 30.5 Å². The first-order valence-corrected chi connectivity index (χ1v) is 13.0. The Morgan fingerprint density at radius 2 is 1.97 bits per heavy atom. The van der Waals surface area contributed by atoms with Crippen LogP contribution in [0, 0.1) is 19.8 Å². The van der Waals surface area contributed by atoms with Crippen LogP contribution >= 0.6 is 0 Å². The predicted octanol–water partition coefficient (Wildman–Crippen LogP) is 3.93. The Hall–Kier alpha value is -2.68. The number of nitrogens with one attached hydrogen (secondary N) is 1. The Bertz CT molecular complexity index is 1130. The number of amidine groups is 1. The fourth-order valence-electron chi connectivity index (χ4n) is 4.05. The molecule has 9 heteroatoms. The monoisotopic (exact) mass is 473 g/mol. The molecule has 0 spiro atoms. The van der Waals surface area contributed by atoms with Crippen LogP contribution < -0.4 is 5.32 Å². The SMILES string of the molecule is Cc1nn(CC(C)C)c(C)c1CC(=O)Nc1cccc(S(=O)(=O)/N=C2/CCCCCN2C)c1. The molecule has 3 rings (SSSR count). The maximum Gasteiger partial charge on any atom is 0.284 e. The third-order valence-electron chi connectivity index (χ3n) is 5.88. The van der Waals surface area contributed by atoms with Crippen LogP contribution in [-0.4, -0.2) is 48.4 Å². The molecule has 0 bridgehead atoms. The minimum absolute atomic E-state index is 0.0718. The largest absolute Gasteiger partial charge is 0.362 e. The lowest BCUT2D eigenvalue weighted by Gasteiger charge is -2.17. The molecule has 8 nitrogen and oxygen atoms in total. The van der Waals surface area contributed by atoms with E-state index in [1.165, 1.54) is 12.1 Å². The highest BCUT2D eigenvalue weighted by molar-refractivity contribution is 7.90. The highest BCUT2D eigenvalue weighted by atomic mass is 32.2. The number of carbonyl (C=O) groups is 1. The van der Waals surface area contributed by atoms with Crippen LogP contribution in [0.5, 0.6) is 0 Å². The number of anilines is 1. The minimum atomic E-state index is -3.87. The Kier molecular flexibility index (Phi) is 7.94. The summed E-state index contributed by atoms with van der Waals surface area (Å²) in [4.78, 5) is 14.7. The number of hydrogen-bond acceptors (Lipinski definition) is 4. The van der Waals surface area contributed by atoms with Gasteiger partial charge in [-0.25, -0.2) is 0 Å². The fourth-order valence-corrected chi connectivity index (χ4v) is 5.19. The van der Waals surface area contributed by atoms with Gasteiger partial charge in [0.2, 0.25) is 5.91 Å². The molecule has 1 aliphatic rings. The van der Waals surface area contributed by atoms with Crippen LogP contribution in [-0.2, 0) is 27.8 Å². The molecule has 2 heterocycles. The predicted molar refractivity (Wildman–Crippen MR) is 131 cm³/mol. The molecular weight excluding hydrogens is 438 g/mol. The maximum atomic E-state index is 12.9. The van der Waals surface area contributed by atoms with Gasteiger partial charge >= 0.3 is 0 Å². The molecule has 0 atom stereocenters. The molecule has 1 aromatic heterocycles. The number of nitrogens with zero attached hydrogens (tertiary/aromatic N) is 4. The number of rotatable bonds is 7. The van der Waals surface area contributed by atoms with Crippen molar-refractivity contribution >= 4 is 27.5 Å². The average Bonchev–Trinajstić information content (AvgIpc) is 2.88. The lowest BCUT2D eigenvalue weighted by Crippen LogP contribution is -2.26. The third-order valence-corrected chi connectivity index (χ3v) is 7.18. The topological polar surface area (TPSA) is 96.7 Å². The lowest BCUT2D eigenvalue weighted by molar-refractivity contribution is -0.115. The van der Waals surface area contributed by atoms with Crippen molar-refractivity contribution in [3.63, 3.8) is 0 Å². The molecule has 0 saturated carbocycles. The van der Waals surface area contributed by atoms with Crippen molar-refractivity contribution in [2.75, 3.05) is 18.9 Å². The molecule has 0 unspecified atom stereocenters. The van der Waals surface area contributed by atoms with Gasteiger partial charge in [0.15, 0.2) is 0 Å². The van der Waals surface area contributed by atoms with E-state index in [0.717, 1.165) is 49.3 Å². The van der Waals surface area contributed by atoms with Crippen molar-refractivity contribution in [3.05, 3.63) is 41.2 Å². The summed E-state index contributed by atoms with van der Waals surface area (Å²) in [6.07, 6.45) is 3.86. The van der Waals surface area contributed by atoms with E-state index in [9.17, 15) is 13.2 Å². The molecule has 0 aliphatic carbocycles. The van der Waals surface area contributed by atoms with Crippen LogP contribution in [0.25, 0.3) is 0 Å². The molecule has 1 saturated heterocycles. The second-order valence-corrected chi connectivity index (χ2v) is 10.8. The number of sulfonamides is 1. The second-order valence-electron chi connectivity index (χ2n) is 9.19. The molecule has 0 radical (unpaired) electrons. The number of hydrogen-bond donors (Lipinski definition) is 1. The number of amides is 1. The van der Waals surface area contributed by atoms with E-state index in [2.05, 4.69) is 28.7 Å². The lowest BCUT2D eigenvalue weighted by atomic mass is 10.1. The fraction of sp³-hybridized carbons (Fsp3) is 0.542. The van der Waals surface area contributed by atoms with Crippen molar-refractivity contribution in [2.24, 2.45) is 10.3 Å². The van der Waals surface area contributed by atoms with Crippen molar-refractivity contribution in [1.82, 2.24) is 14.7 Å². The van der Waals surface area contributed by atoms with E-state index in [4.69, 9.17) is 0 Å². The van der Waals surface area contributed by atoms with Crippen molar-refractivity contribution in [2.45, 2.75) is 71.2 Å². The minimum Gasteiger partial charge on any atom is -0.362 e. The highest BCUT2D eigenvalue weighted by Gasteiger charge is 2.20. The zero-order valence-electron chi connectivity index (χ0n) is 20.3. The highest BCUT2D eigenvalue weighted by Crippen LogP contribution is 2.21. The number of benzene rings is 1. The summed E-state index contributed by atoms with van der Waals surface area (Å²) in [6.45, 7) is 9.74. The van der Waals surface area contributed by atoms with Crippen LogP contribution in [0.4, 0.5) is 5.69 Å². The first kappa shape index (κ1) is 25.0. The number of carbonyl (C=O) groups excluding carboxylic acids is 1. The van der Waals surface area contributed by atoms with Gasteiger partial charge in [-0.3, -0.25) is 9.48 Å². The number of aromatic nitrogens is 2. The molecule has 33 heavy (non-hydrogen) atoms. The summed E-state index contributed by atoms with van der Waals surface area (Å²) in [6, 6.07) is 6.28. The Morgan fingerprint density at radius 3 is 2.70 bits per heavy atom. The van der Waals surface area contributed by atoms with Crippen LogP contribution in [0.2, 0.25) is 0 Å². The summed E-state index contributed by atoms with van der Waals surface area (Å²) in [5.41, 5.74) is 3.15. The number of aryl methyl sites for hydroxylation is 1. The van der Waals surface area contributed by atoms with Gasteiger partial charge in [-0.15, -0.1) is 4.40 Å². The van der Waals surface area contributed by atoms with Gasteiger partial charge in [-0.1, -0.05) is 26.3 Å². The van der Waals surface area contributed by atoms with E-state index in [-0.39, 0.29) is 17.2 Å². The molecule has 1 aromatic carbocycles. The molecule has 1 N–H and O–H groups in total. The summed E-state index contributed by atoms with van der Waals surface area (Å²) in [7, 11) is -1.99. The Labute approximate surface area is 197 Å². The van der Waals surface area contributed by atoms with Gasteiger partial charge in [0.25, 0.3) is 10.0 Å². The zero-order valence-corrected chi connectivity index (χ0v) is 21.1. The van der Waals surface area contributed by atoms with Crippen LogP contribution in [0.1, 0.15) is 56.5 Å². The standard InChI is InChI=1S/C24H35N5O3S/c1-17(2)16-29-19(4)22(18(3)26-29)15-24(30)25-20-10-9-11-21(14-20)33(31,32)27-23-12-7-6-8-13-28(23)5/h9-11,14,17H,6-8,12-13,15-16H2,1-5H3,(H,25,30)/b27-23-. The Morgan fingerprint density at radius 1 is 1.21 bits per heavy atom. The molecule has 2 aromatic rings. The summed E-state index contributed by atoms with van der Waals surface area (Å²) in [5, 5.41) is 7.39. The smallest absolute Gasteiger partial charge is 0.284 e. The second kappa shape index (κ2) is 10.5. The zero-order chi connectivity index (χ0) is 24.2. The van der Waals surface area contributed by atoms with Gasteiger partial charge < -0.3 is 10.2 Å². The van der Waals surface area contributed by atoms with Gasteiger partial charge in [-0.2, -0.15) is 13.5 Å². The van der Waals surface area contributed by atoms with Crippen molar-refractivity contribution in [1.29, 1.82) is 0 Å². The first-order valence-electron chi connectivity index (χ1n) is 11.5. The number of likely N-dealkylation sites (tertiary alicyclic amines) is 1. The average molecular weight is 474 g/mol. The molecule has 1 amide bonds. The normalized spacial score (nSPS) is 16.3. The van der Waals surface area contributed by atoms with E-state index >= 15 is 0 Å². The van der Waals surface area contributed by atoms with Gasteiger partial charge in [-0.05, 0) is 50.8 Å². The summed E-state index contributed by atoms with van der Waals surface area (Å²) < 4.78 is 31.9. The van der Waals surface area contributed by atoms with Crippen LogP contribution in [0.3, 0.4) is 0 Å². The maximum absolute atomic E-state index is 12.9. The van der Waals surface area contributed by atoms with Gasteiger partial charge in [0.05, 0.1) is 17.0 Å². The van der Waals surface area contributed by atoms with Crippen molar-refractivity contribution < 1.29 is 13.2 Å². The molecule has 1 aliphatic heterocycles. The first-order chi connectivity index (χ1) is 15.6. The van der Waals surface area contributed by atoms with E-state index in [1.54, 1.807) is 12.1 Å². The van der Waals surface area contributed by atoms with E-state index in [0.29, 0.717) is 23.9 Å². The van der Waals surface area contributed by atoms with E-state index < -0.39 is 10.0 Å². The van der Waals surface area contributed by atoms with Gasteiger partial charge in [0, 0.05) is 43.5 Å². The summed E-state index contributed by atoms with van der Waals surface area (Å²) >= 11 is 0. The molecular formula is C24H35N5O3S. The summed E-state index contributed by atoms with van der Waals surface area (Å²) in [5.74, 6) is 0.830. The Balaban J connectivity index is 1.75. The van der Waals surface area contributed by atoms with Crippen LogP contribution in [0.15, 0.2) is 33.6 Å². The van der Waals surface area contributed by atoms with Crippen molar-refractivity contribution in [3.8, 4) is 0 Å². The quantitative estimate of drug-likeness (QED) is 0.657.